The highest BCUT2D eigenvalue weighted by atomic mass is 35.5. The molecule has 2 N–H and O–H groups in total. The molecule has 23 heavy (non-hydrogen) atoms. The molecule has 0 aliphatic rings. The molecule has 1 aromatic heterocycles. The molecule has 0 amide bonds. The summed E-state index contributed by atoms with van der Waals surface area (Å²) in [5.74, 6) is -1.31. The number of carbonyl (C=O) groups is 1. The molecule has 1 atom stereocenters. The highest BCUT2D eigenvalue weighted by molar-refractivity contribution is 6.48. The Morgan fingerprint density at radius 1 is 1.43 bits per heavy atom. The summed E-state index contributed by atoms with van der Waals surface area (Å²) in [5.41, 5.74) is -0.235. The average Bonchev–Trinajstić information content (AvgIpc) is 2.52. The van der Waals surface area contributed by atoms with E-state index < -0.39 is 17.8 Å². The first-order valence-corrected chi connectivity index (χ1v) is 7.71. The lowest BCUT2D eigenvalue weighted by Crippen LogP contribution is -2.13. The number of carbonyl (C=O) groups excluding carboxylic acids is 1. The molecule has 1 aromatic rings. The number of hydrogen-bond acceptors (Lipinski definition) is 6. The molecule has 1 rings (SSSR count). The number of aromatic nitrogens is 1. The van der Waals surface area contributed by atoms with E-state index in [-0.39, 0.29) is 39.5 Å². The summed E-state index contributed by atoms with van der Waals surface area (Å²) >= 11 is 17.6. The number of esters is 1. The summed E-state index contributed by atoms with van der Waals surface area (Å²) < 4.78 is 4.87. The monoisotopic (exact) mass is 380 g/mol. The topological polar surface area (TPSA) is 92.0 Å². The highest BCUT2D eigenvalue weighted by Crippen LogP contribution is 2.34. The number of halogens is 3. The minimum absolute atomic E-state index is 0.00669. The van der Waals surface area contributed by atoms with Gasteiger partial charge in [-0.15, -0.1) is 0 Å². The normalized spacial score (nSPS) is 13.8. The van der Waals surface area contributed by atoms with Gasteiger partial charge in [0.25, 0.3) is 0 Å². The van der Waals surface area contributed by atoms with E-state index in [4.69, 9.17) is 44.6 Å². The van der Waals surface area contributed by atoms with Gasteiger partial charge in [0.2, 0.25) is 0 Å². The molecule has 1 heterocycles. The van der Waals surface area contributed by atoms with Crippen molar-refractivity contribution in [1.82, 2.24) is 4.98 Å². The summed E-state index contributed by atoms with van der Waals surface area (Å²) in [6, 6.07) is -0.463. The third-order valence-corrected chi connectivity index (χ3v) is 3.89. The number of ether oxygens (including phenoxy) is 1. The van der Waals surface area contributed by atoms with Gasteiger partial charge >= 0.3 is 5.97 Å². The minimum Gasteiger partial charge on any atom is -0.506 e. The molecular formula is C14H15Cl3N2O4. The number of aliphatic hydroxyl groups is 2. The van der Waals surface area contributed by atoms with Crippen LogP contribution in [0.5, 0.6) is 0 Å². The van der Waals surface area contributed by atoms with Crippen LogP contribution in [0.25, 0.3) is 5.76 Å². The Kier molecular flexibility index (Phi) is 7.78. The fourth-order valence-electron chi connectivity index (χ4n) is 1.42. The third kappa shape index (κ3) is 5.07. The molecule has 0 radical (unpaired) electrons. The summed E-state index contributed by atoms with van der Waals surface area (Å²) in [7, 11) is 0. The molecule has 0 bridgehead atoms. The Morgan fingerprint density at radius 2 is 2.09 bits per heavy atom. The second-order valence-electron chi connectivity index (χ2n) is 4.38. The van der Waals surface area contributed by atoms with Crippen molar-refractivity contribution < 1.29 is 19.7 Å². The fraction of sp³-hybridized carbons (Fsp3) is 0.357. The maximum atomic E-state index is 12.0. The second kappa shape index (κ2) is 9.08. The maximum Gasteiger partial charge on any atom is 0.343 e. The van der Waals surface area contributed by atoms with Crippen LogP contribution < -0.4 is 0 Å². The molecule has 1 unspecified atom stereocenters. The molecule has 9 heteroatoms. The van der Waals surface area contributed by atoms with Gasteiger partial charge in [0.15, 0.2) is 0 Å². The summed E-state index contributed by atoms with van der Waals surface area (Å²) in [5, 5.41) is 19.2. The predicted octanol–water partition coefficient (Wildman–Crippen LogP) is 3.33. The first-order valence-electron chi connectivity index (χ1n) is 6.57. The van der Waals surface area contributed by atoms with E-state index in [1.54, 1.807) is 13.8 Å². The van der Waals surface area contributed by atoms with Crippen LogP contribution in [0, 0.1) is 0 Å². The van der Waals surface area contributed by atoms with E-state index in [2.05, 4.69) is 9.98 Å². The van der Waals surface area contributed by atoms with Crippen molar-refractivity contribution in [2.45, 2.75) is 19.9 Å². The van der Waals surface area contributed by atoms with Gasteiger partial charge in [-0.3, -0.25) is 4.99 Å². The van der Waals surface area contributed by atoms with Gasteiger partial charge in [-0.2, -0.15) is 0 Å². The Balaban J connectivity index is 3.42. The van der Waals surface area contributed by atoms with Crippen molar-refractivity contribution in [3.63, 3.8) is 0 Å². The van der Waals surface area contributed by atoms with Crippen LogP contribution in [0.3, 0.4) is 0 Å². The standard InChI is InChI=1S/C14H15Cl3N2O4/c1-3-23-14(22)9(5-18-7(2)6-20)12(21)8-4-19-13(17)11(16)10(8)15/h4-5,7,20-21H,3,6H2,1-2H3. The summed E-state index contributed by atoms with van der Waals surface area (Å²) in [6.45, 7) is 3.13. The molecule has 0 spiro atoms. The van der Waals surface area contributed by atoms with Gasteiger partial charge in [0, 0.05) is 12.4 Å². The number of hydrogen-bond donors (Lipinski definition) is 2. The van der Waals surface area contributed by atoms with E-state index in [0.29, 0.717) is 0 Å². The van der Waals surface area contributed by atoms with Crippen LogP contribution in [0.1, 0.15) is 19.4 Å². The van der Waals surface area contributed by atoms with E-state index in [1.807, 2.05) is 0 Å². The SMILES string of the molecule is CCOC(=O)C(C=NC(C)CO)=C(O)c1cnc(Cl)c(Cl)c1Cl. The number of aliphatic hydroxyl groups excluding tert-OH is 2. The predicted molar refractivity (Wildman–Crippen MR) is 90.5 cm³/mol. The second-order valence-corrected chi connectivity index (χ2v) is 5.50. The van der Waals surface area contributed by atoms with Crippen LogP contribution in [-0.2, 0) is 9.53 Å². The number of pyridine rings is 1. The number of aliphatic imine (C=N–C) groups is 1. The smallest absolute Gasteiger partial charge is 0.343 e. The van der Waals surface area contributed by atoms with E-state index >= 15 is 0 Å². The van der Waals surface area contributed by atoms with Crippen molar-refractivity contribution in [2.75, 3.05) is 13.2 Å². The quantitative estimate of drug-likeness (QED) is 0.259. The van der Waals surface area contributed by atoms with Crippen molar-refractivity contribution in [3.05, 3.63) is 32.5 Å². The first kappa shape index (κ1) is 19.7. The Labute approximate surface area is 148 Å². The van der Waals surface area contributed by atoms with Crippen molar-refractivity contribution in [2.24, 2.45) is 4.99 Å². The molecule has 0 saturated carbocycles. The van der Waals surface area contributed by atoms with Gasteiger partial charge in [0.05, 0.1) is 34.9 Å². The highest BCUT2D eigenvalue weighted by Gasteiger charge is 2.21. The van der Waals surface area contributed by atoms with Gasteiger partial charge in [0.1, 0.15) is 16.5 Å². The lowest BCUT2D eigenvalue weighted by atomic mass is 10.1. The summed E-state index contributed by atoms with van der Waals surface area (Å²) in [6.07, 6.45) is 2.28. The zero-order chi connectivity index (χ0) is 17.6. The maximum absolute atomic E-state index is 12.0. The number of nitrogens with zero attached hydrogens (tertiary/aromatic N) is 2. The van der Waals surface area contributed by atoms with Crippen molar-refractivity contribution in [1.29, 1.82) is 0 Å². The van der Waals surface area contributed by atoms with Gasteiger partial charge in [-0.05, 0) is 13.8 Å². The van der Waals surface area contributed by atoms with E-state index in [0.717, 1.165) is 6.21 Å². The van der Waals surface area contributed by atoms with Crippen LogP contribution in [-0.4, -0.2) is 46.6 Å². The van der Waals surface area contributed by atoms with Crippen molar-refractivity contribution >= 4 is 52.7 Å². The average molecular weight is 382 g/mol. The van der Waals surface area contributed by atoms with Gasteiger partial charge in [-0.25, -0.2) is 9.78 Å². The molecule has 0 aromatic carbocycles. The van der Waals surface area contributed by atoms with Crippen LogP contribution >= 0.6 is 34.8 Å². The molecule has 6 nitrogen and oxygen atoms in total. The molecule has 0 aliphatic carbocycles. The van der Waals surface area contributed by atoms with Crippen LogP contribution in [0.4, 0.5) is 0 Å². The summed E-state index contributed by atoms with van der Waals surface area (Å²) in [4.78, 5) is 19.7. The van der Waals surface area contributed by atoms with Gasteiger partial charge < -0.3 is 14.9 Å². The number of rotatable bonds is 6. The van der Waals surface area contributed by atoms with Crippen molar-refractivity contribution in [3.8, 4) is 0 Å². The lowest BCUT2D eigenvalue weighted by Gasteiger charge is -2.10. The Hall–Kier alpha value is -1.34. The van der Waals surface area contributed by atoms with Crippen LogP contribution in [0.2, 0.25) is 15.2 Å². The minimum atomic E-state index is -0.805. The molecule has 0 saturated heterocycles. The molecule has 0 aliphatic heterocycles. The lowest BCUT2D eigenvalue weighted by molar-refractivity contribution is -0.137. The fourth-order valence-corrected chi connectivity index (χ4v) is 1.99. The zero-order valence-electron chi connectivity index (χ0n) is 12.4. The Bertz CT molecular complexity index is 647. The third-order valence-electron chi connectivity index (χ3n) is 2.65. The van der Waals surface area contributed by atoms with Crippen LogP contribution in [0.15, 0.2) is 16.8 Å². The van der Waals surface area contributed by atoms with E-state index in [9.17, 15) is 9.90 Å². The first-order chi connectivity index (χ1) is 10.8. The van der Waals surface area contributed by atoms with E-state index in [1.165, 1.54) is 6.20 Å². The Morgan fingerprint density at radius 3 is 2.65 bits per heavy atom. The molecule has 126 valence electrons. The molecular weight excluding hydrogens is 367 g/mol. The largest absolute Gasteiger partial charge is 0.506 e. The molecule has 0 fully saturated rings. The van der Waals surface area contributed by atoms with Gasteiger partial charge in [-0.1, -0.05) is 34.8 Å². The zero-order valence-corrected chi connectivity index (χ0v) is 14.7.